The van der Waals surface area contributed by atoms with Crippen molar-refractivity contribution in [2.45, 2.75) is 45.8 Å². The minimum absolute atomic E-state index is 0.0720. The Labute approximate surface area is 185 Å². The Morgan fingerprint density at radius 3 is 2.65 bits per heavy atom. The Morgan fingerprint density at radius 2 is 1.97 bits per heavy atom. The maximum absolute atomic E-state index is 13.0. The number of hydrogen-bond acceptors (Lipinski definition) is 6. The average molecular weight is 442 g/mol. The fraction of sp³-hybridized carbons (Fsp3) is 0.391. The minimum Gasteiger partial charge on any atom is -0.382 e. The lowest BCUT2D eigenvalue weighted by Crippen LogP contribution is -2.24. The number of carbonyl (C=O) groups is 2. The van der Waals surface area contributed by atoms with Crippen molar-refractivity contribution < 1.29 is 14.3 Å². The van der Waals surface area contributed by atoms with Crippen LogP contribution in [-0.2, 0) is 11.3 Å². The number of Topliss-reactive ketones (excluding diaryl/α,β-unsaturated/α-hetero) is 2. The molecule has 0 atom stereocenters. The predicted octanol–water partition coefficient (Wildman–Crippen LogP) is 3.95. The van der Waals surface area contributed by atoms with Gasteiger partial charge in [-0.1, -0.05) is 23.9 Å². The zero-order valence-electron chi connectivity index (χ0n) is 18.3. The summed E-state index contributed by atoms with van der Waals surface area (Å²) in [5.41, 5.74) is 2.83. The lowest BCUT2D eigenvalue weighted by atomic mass is 10.1. The van der Waals surface area contributed by atoms with Crippen molar-refractivity contribution in [1.82, 2.24) is 14.5 Å². The summed E-state index contributed by atoms with van der Waals surface area (Å²) >= 11 is 1.23. The highest BCUT2D eigenvalue weighted by Crippen LogP contribution is 2.23. The van der Waals surface area contributed by atoms with Gasteiger partial charge in [-0.15, -0.1) is 0 Å². The van der Waals surface area contributed by atoms with Crippen LogP contribution in [0.4, 0.5) is 0 Å². The molecule has 3 rings (SSSR count). The Hall–Kier alpha value is -2.71. The van der Waals surface area contributed by atoms with Gasteiger partial charge in [0.1, 0.15) is 0 Å². The molecule has 0 aliphatic rings. The van der Waals surface area contributed by atoms with Gasteiger partial charge >= 0.3 is 0 Å². The molecule has 2 aromatic heterocycles. The highest BCUT2D eigenvalue weighted by Gasteiger charge is 2.21. The standard InChI is InChI=1S/C23H27N3O4S/c1-5-30-12-8-11-26-22(29)17-9-6-7-10-18(17)25-23(26)31-13-19(28)21-14(2)20(16(4)27)15(3)24-21/h6-7,9-10,24H,5,8,11-13H2,1-4H3. The fourth-order valence-corrected chi connectivity index (χ4v) is 4.58. The third kappa shape index (κ3) is 4.97. The zero-order valence-corrected chi connectivity index (χ0v) is 19.1. The maximum atomic E-state index is 13.0. The SMILES string of the molecule is CCOCCCn1c(SCC(=O)c2[nH]c(C)c(C(C)=O)c2C)nc2ccccc2c1=O. The Bertz CT molecular complexity index is 1180. The van der Waals surface area contributed by atoms with E-state index in [1.807, 2.05) is 19.1 Å². The first-order valence-corrected chi connectivity index (χ1v) is 11.3. The van der Waals surface area contributed by atoms with Gasteiger partial charge in [-0.2, -0.15) is 0 Å². The van der Waals surface area contributed by atoms with Gasteiger partial charge in [-0.05, 0) is 51.8 Å². The first kappa shape index (κ1) is 23.0. The molecule has 0 radical (unpaired) electrons. The van der Waals surface area contributed by atoms with E-state index in [-0.39, 0.29) is 22.9 Å². The topological polar surface area (TPSA) is 94.1 Å². The Morgan fingerprint density at radius 1 is 1.23 bits per heavy atom. The summed E-state index contributed by atoms with van der Waals surface area (Å²) in [7, 11) is 0. The number of aryl methyl sites for hydroxylation is 1. The number of aromatic nitrogens is 3. The maximum Gasteiger partial charge on any atom is 0.262 e. The molecule has 0 bridgehead atoms. The normalized spacial score (nSPS) is 11.2. The van der Waals surface area contributed by atoms with E-state index in [2.05, 4.69) is 9.97 Å². The third-order valence-corrected chi connectivity index (χ3v) is 6.08. The van der Waals surface area contributed by atoms with Crippen LogP contribution in [0.1, 0.15) is 52.4 Å². The number of nitrogens with one attached hydrogen (secondary N) is 1. The number of rotatable bonds is 10. The second-order valence-electron chi connectivity index (χ2n) is 7.31. The van der Waals surface area contributed by atoms with Gasteiger partial charge in [0.2, 0.25) is 0 Å². The lowest BCUT2D eigenvalue weighted by molar-refractivity contribution is 0.101. The highest BCUT2D eigenvalue weighted by molar-refractivity contribution is 7.99. The van der Waals surface area contributed by atoms with E-state index in [4.69, 9.17) is 4.74 Å². The Balaban J connectivity index is 1.88. The molecule has 1 aromatic carbocycles. The molecular formula is C23H27N3O4S. The number of nitrogens with zero attached hydrogens (tertiary/aromatic N) is 2. The van der Waals surface area contributed by atoms with Gasteiger partial charge in [0.25, 0.3) is 5.56 Å². The summed E-state index contributed by atoms with van der Waals surface area (Å²) < 4.78 is 7.01. The first-order chi connectivity index (χ1) is 14.8. The number of aromatic amines is 1. The summed E-state index contributed by atoms with van der Waals surface area (Å²) in [5.74, 6) is -0.104. The van der Waals surface area contributed by atoms with Crippen LogP contribution >= 0.6 is 11.8 Å². The number of benzene rings is 1. The predicted molar refractivity (Wildman–Crippen MR) is 122 cm³/mol. The second-order valence-corrected chi connectivity index (χ2v) is 8.25. The summed E-state index contributed by atoms with van der Waals surface area (Å²) in [6.45, 7) is 8.61. The molecule has 164 valence electrons. The van der Waals surface area contributed by atoms with Crippen LogP contribution in [0.2, 0.25) is 0 Å². The summed E-state index contributed by atoms with van der Waals surface area (Å²) in [6, 6.07) is 7.21. The monoisotopic (exact) mass is 441 g/mol. The van der Waals surface area contributed by atoms with Gasteiger partial charge in [0.15, 0.2) is 16.7 Å². The molecule has 0 amide bonds. The van der Waals surface area contributed by atoms with Crippen molar-refractivity contribution in [1.29, 1.82) is 0 Å². The molecule has 0 fully saturated rings. The zero-order chi connectivity index (χ0) is 22.5. The molecule has 0 saturated heterocycles. The van der Waals surface area contributed by atoms with Crippen LogP contribution in [0.3, 0.4) is 0 Å². The average Bonchev–Trinajstić information content (AvgIpc) is 3.05. The van der Waals surface area contributed by atoms with Crippen molar-refractivity contribution >= 4 is 34.2 Å². The minimum atomic E-state index is -0.138. The number of fused-ring (bicyclic) bond motifs is 1. The molecule has 0 spiro atoms. The van der Waals surface area contributed by atoms with Crippen molar-refractivity contribution in [3.8, 4) is 0 Å². The number of H-pyrrole nitrogens is 1. The number of ether oxygens (including phenoxy) is 1. The molecular weight excluding hydrogens is 414 g/mol. The summed E-state index contributed by atoms with van der Waals surface area (Å²) in [6.07, 6.45) is 0.673. The van der Waals surface area contributed by atoms with E-state index >= 15 is 0 Å². The van der Waals surface area contributed by atoms with Crippen LogP contribution in [0.25, 0.3) is 10.9 Å². The number of carbonyl (C=O) groups excluding carboxylic acids is 2. The largest absolute Gasteiger partial charge is 0.382 e. The number of hydrogen-bond donors (Lipinski definition) is 1. The van der Waals surface area contributed by atoms with Gasteiger partial charge in [0, 0.05) is 31.0 Å². The quantitative estimate of drug-likeness (QED) is 0.222. The van der Waals surface area contributed by atoms with E-state index in [1.54, 1.807) is 30.5 Å². The molecule has 1 N–H and O–H groups in total. The fourth-order valence-electron chi connectivity index (χ4n) is 3.68. The van der Waals surface area contributed by atoms with Crippen molar-refractivity contribution in [3.05, 3.63) is 57.1 Å². The van der Waals surface area contributed by atoms with Crippen LogP contribution in [0, 0.1) is 13.8 Å². The van der Waals surface area contributed by atoms with Gasteiger partial charge in [-0.25, -0.2) is 4.98 Å². The highest BCUT2D eigenvalue weighted by atomic mass is 32.2. The number of ketones is 2. The Kier molecular flexibility index (Phi) is 7.46. The molecule has 8 heteroatoms. The van der Waals surface area contributed by atoms with E-state index < -0.39 is 0 Å². The molecule has 7 nitrogen and oxygen atoms in total. The molecule has 0 unspecified atom stereocenters. The third-order valence-electron chi connectivity index (χ3n) is 5.10. The lowest BCUT2D eigenvalue weighted by Gasteiger charge is -2.13. The van der Waals surface area contributed by atoms with Gasteiger partial charge in [0.05, 0.1) is 22.3 Å². The molecule has 3 aromatic rings. The van der Waals surface area contributed by atoms with E-state index in [9.17, 15) is 14.4 Å². The van der Waals surface area contributed by atoms with E-state index in [0.29, 0.717) is 64.8 Å². The summed E-state index contributed by atoms with van der Waals surface area (Å²) in [4.78, 5) is 45.5. The van der Waals surface area contributed by atoms with Gasteiger partial charge in [-0.3, -0.25) is 19.0 Å². The molecule has 0 aliphatic heterocycles. The molecule has 2 heterocycles. The van der Waals surface area contributed by atoms with Crippen LogP contribution in [0.5, 0.6) is 0 Å². The van der Waals surface area contributed by atoms with Crippen molar-refractivity contribution in [3.63, 3.8) is 0 Å². The number of para-hydroxylation sites is 1. The van der Waals surface area contributed by atoms with Crippen LogP contribution < -0.4 is 5.56 Å². The smallest absolute Gasteiger partial charge is 0.262 e. The van der Waals surface area contributed by atoms with Crippen molar-refractivity contribution in [2.75, 3.05) is 19.0 Å². The second kappa shape index (κ2) is 10.1. The van der Waals surface area contributed by atoms with Crippen molar-refractivity contribution in [2.24, 2.45) is 0 Å². The summed E-state index contributed by atoms with van der Waals surface area (Å²) in [5, 5.41) is 1.05. The molecule has 0 aliphatic carbocycles. The molecule has 31 heavy (non-hydrogen) atoms. The van der Waals surface area contributed by atoms with Crippen LogP contribution in [-0.4, -0.2) is 45.1 Å². The van der Waals surface area contributed by atoms with Gasteiger partial charge < -0.3 is 9.72 Å². The van der Waals surface area contributed by atoms with E-state index in [1.165, 1.54) is 18.7 Å². The molecule has 0 saturated carbocycles. The number of thioether (sulfide) groups is 1. The first-order valence-electron chi connectivity index (χ1n) is 10.3. The van der Waals surface area contributed by atoms with Crippen LogP contribution in [0.15, 0.2) is 34.2 Å². The van der Waals surface area contributed by atoms with E-state index in [0.717, 1.165) is 0 Å².